The Bertz CT molecular complexity index is 339. The van der Waals surface area contributed by atoms with E-state index >= 15 is 0 Å². The van der Waals surface area contributed by atoms with E-state index in [-0.39, 0.29) is 6.10 Å². The first-order valence-corrected chi connectivity index (χ1v) is 6.69. The molecular weight excluding hydrogens is 226 g/mol. The molecule has 102 valence electrons. The van der Waals surface area contributed by atoms with Crippen LogP contribution in [0.5, 0.6) is 11.5 Å². The second-order valence-electron chi connectivity index (χ2n) is 4.77. The third-order valence-electron chi connectivity index (χ3n) is 2.71. The minimum atomic E-state index is 0.213. The van der Waals surface area contributed by atoms with Gasteiger partial charge in [0.15, 0.2) is 0 Å². The van der Waals surface area contributed by atoms with Gasteiger partial charge in [0.05, 0.1) is 7.11 Å². The molecule has 0 spiro atoms. The second kappa shape index (κ2) is 7.98. The molecule has 3 heteroatoms. The van der Waals surface area contributed by atoms with E-state index in [1.165, 1.54) is 0 Å². The predicted molar refractivity (Wildman–Crippen MR) is 75.5 cm³/mol. The summed E-state index contributed by atoms with van der Waals surface area (Å²) in [5.41, 5.74) is 0. The summed E-state index contributed by atoms with van der Waals surface area (Å²) in [4.78, 5) is 0. The SMILES string of the molecule is CCCC(CNC(C)C)Oc1cccc(OC)c1. The van der Waals surface area contributed by atoms with Crippen LogP contribution in [0, 0.1) is 0 Å². The first-order chi connectivity index (χ1) is 8.65. The summed E-state index contributed by atoms with van der Waals surface area (Å²) in [6, 6.07) is 8.26. The highest BCUT2D eigenvalue weighted by atomic mass is 16.5. The number of benzene rings is 1. The van der Waals surface area contributed by atoms with Crippen LogP contribution in [0.25, 0.3) is 0 Å². The van der Waals surface area contributed by atoms with E-state index in [1.807, 2.05) is 24.3 Å². The Morgan fingerprint density at radius 3 is 2.56 bits per heavy atom. The molecule has 0 aliphatic rings. The average Bonchev–Trinajstić information content (AvgIpc) is 2.36. The van der Waals surface area contributed by atoms with Gasteiger partial charge in [0.2, 0.25) is 0 Å². The summed E-state index contributed by atoms with van der Waals surface area (Å²) in [7, 11) is 1.67. The third-order valence-corrected chi connectivity index (χ3v) is 2.71. The van der Waals surface area contributed by atoms with Gasteiger partial charge in [-0.2, -0.15) is 0 Å². The summed E-state index contributed by atoms with van der Waals surface area (Å²) >= 11 is 0. The largest absolute Gasteiger partial charge is 0.497 e. The number of ether oxygens (including phenoxy) is 2. The maximum Gasteiger partial charge on any atom is 0.123 e. The van der Waals surface area contributed by atoms with Crippen molar-refractivity contribution < 1.29 is 9.47 Å². The van der Waals surface area contributed by atoms with Crippen LogP contribution in [-0.4, -0.2) is 25.8 Å². The van der Waals surface area contributed by atoms with Gasteiger partial charge in [-0.15, -0.1) is 0 Å². The van der Waals surface area contributed by atoms with Gasteiger partial charge in [-0.1, -0.05) is 33.3 Å². The Hall–Kier alpha value is -1.22. The normalized spacial score (nSPS) is 12.5. The van der Waals surface area contributed by atoms with Crippen molar-refractivity contribution >= 4 is 0 Å². The van der Waals surface area contributed by atoms with Gasteiger partial charge in [0.25, 0.3) is 0 Å². The highest BCUT2D eigenvalue weighted by Crippen LogP contribution is 2.20. The van der Waals surface area contributed by atoms with E-state index in [2.05, 4.69) is 26.1 Å². The molecule has 1 N–H and O–H groups in total. The summed E-state index contributed by atoms with van der Waals surface area (Å²) < 4.78 is 11.2. The van der Waals surface area contributed by atoms with Gasteiger partial charge >= 0.3 is 0 Å². The number of nitrogens with one attached hydrogen (secondary N) is 1. The summed E-state index contributed by atoms with van der Waals surface area (Å²) in [6.07, 6.45) is 2.38. The van der Waals surface area contributed by atoms with Crippen molar-refractivity contribution in [2.45, 2.75) is 45.8 Å². The molecule has 0 aliphatic carbocycles. The summed E-state index contributed by atoms with van der Waals surface area (Å²) in [6.45, 7) is 7.35. The highest BCUT2D eigenvalue weighted by Gasteiger charge is 2.10. The fourth-order valence-electron chi connectivity index (χ4n) is 1.76. The molecule has 0 aromatic heterocycles. The third kappa shape index (κ3) is 5.41. The number of methoxy groups -OCH3 is 1. The van der Waals surface area contributed by atoms with Crippen molar-refractivity contribution in [3.8, 4) is 11.5 Å². The zero-order valence-corrected chi connectivity index (χ0v) is 11.9. The predicted octanol–water partition coefficient (Wildman–Crippen LogP) is 3.24. The number of hydrogen-bond acceptors (Lipinski definition) is 3. The monoisotopic (exact) mass is 251 g/mol. The van der Waals surface area contributed by atoms with Crippen LogP contribution in [0.15, 0.2) is 24.3 Å². The molecule has 0 amide bonds. The minimum Gasteiger partial charge on any atom is -0.497 e. The van der Waals surface area contributed by atoms with E-state index in [0.29, 0.717) is 6.04 Å². The standard InChI is InChI=1S/C15H25NO2/c1-5-7-15(11-16-12(2)3)18-14-9-6-8-13(10-14)17-4/h6,8-10,12,15-16H,5,7,11H2,1-4H3. The van der Waals surface area contributed by atoms with Crippen LogP contribution >= 0.6 is 0 Å². The molecule has 1 unspecified atom stereocenters. The fraction of sp³-hybridized carbons (Fsp3) is 0.600. The summed E-state index contributed by atoms with van der Waals surface area (Å²) in [5, 5.41) is 3.42. The van der Waals surface area contributed by atoms with E-state index < -0.39 is 0 Å². The topological polar surface area (TPSA) is 30.5 Å². The lowest BCUT2D eigenvalue weighted by Gasteiger charge is -2.20. The Morgan fingerprint density at radius 1 is 1.22 bits per heavy atom. The van der Waals surface area contributed by atoms with E-state index in [9.17, 15) is 0 Å². The van der Waals surface area contributed by atoms with E-state index in [1.54, 1.807) is 7.11 Å². The van der Waals surface area contributed by atoms with E-state index in [4.69, 9.17) is 9.47 Å². The molecule has 1 rings (SSSR count). The van der Waals surface area contributed by atoms with Crippen molar-refractivity contribution in [3.63, 3.8) is 0 Å². The molecule has 1 aromatic carbocycles. The number of hydrogen-bond donors (Lipinski definition) is 1. The van der Waals surface area contributed by atoms with Crippen LogP contribution < -0.4 is 14.8 Å². The first-order valence-electron chi connectivity index (χ1n) is 6.69. The van der Waals surface area contributed by atoms with Gasteiger partial charge < -0.3 is 14.8 Å². The maximum absolute atomic E-state index is 6.01. The minimum absolute atomic E-state index is 0.213. The van der Waals surface area contributed by atoms with Crippen molar-refractivity contribution in [2.75, 3.05) is 13.7 Å². The molecule has 3 nitrogen and oxygen atoms in total. The Labute approximate surface area is 110 Å². The lowest BCUT2D eigenvalue weighted by molar-refractivity contribution is 0.182. The van der Waals surface area contributed by atoms with E-state index in [0.717, 1.165) is 30.9 Å². The zero-order chi connectivity index (χ0) is 13.4. The fourth-order valence-corrected chi connectivity index (χ4v) is 1.76. The molecule has 0 saturated carbocycles. The molecule has 0 aliphatic heterocycles. The first kappa shape index (κ1) is 14.8. The van der Waals surface area contributed by atoms with Crippen molar-refractivity contribution in [3.05, 3.63) is 24.3 Å². The average molecular weight is 251 g/mol. The molecule has 0 heterocycles. The lowest BCUT2D eigenvalue weighted by Crippen LogP contribution is -2.35. The number of rotatable bonds is 8. The molecular formula is C15H25NO2. The second-order valence-corrected chi connectivity index (χ2v) is 4.77. The van der Waals surface area contributed by atoms with Crippen molar-refractivity contribution in [1.82, 2.24) is 5.32 Å². The van der Waals surface area contributed by atoms with Gasteiger partial charge in [0, 0.05) is 18.7 Å². The molecule has 0 bridgehead atoms. The lowest BCUT2D eigenvalue weighted by atomic mass is 10.2. The highest BCUT2D eigenvalue weighted by molar-refractivity contribution is 5.32. The van der Waals surface area contributed by atoms with Crippen molar-refractivity contribution in [2.24, 2.45) is 0 Å². The van der Waals surface area contributed by atoms with Crippen LogP contribution in [0.1, 0.15) is 33.6 Å². The van der Waals surface area contributed by atoms with Crippen molar-refractivity contribution in [1.29, 1.82) is 0 Å². The molecule has 1 atom stereocenters. The van der Waals surface area contributed by atoms with Crippen LogP contribution in [-0.2, 0) is 0 Å². The molecule has 0 radical (unpaired) electrons. The van der Waals surface area contributed by atoms with Crippen LogP contribution in [0.2, 0.25) is 0 Å². The smallest absolute Gasteiger partial charge is 0.123 e. The van der Waals surface area contributed by atoms with Crippen LogP contribution in [0.3, 0.4) is 0 Å². The molecule has 18 heavy (non-hydrogen) atoms. The van der Waals surface area contributed by atoms with Crippen LogP contribution in [0.4, 0.5) is 0 Å². The Balaban J connectivity index is 2.57. The Kier molecular flexibility index (Phi) is 6.58. The van der Waals surface area contributed by atoms with Gasteiger partial charge in [0.1, 0.15) is 17.6 Å². The van der Waals surface area contributed by atoms with Gasteiger partial charge in [-0.25, -0.2) is 0 Å². The molecule has 0 fully saturated rings. The zero-order valence-electron chi connectivity index (χ0n) is 11.9. The summed E-state index contributed by atoms with van der Waals surface area (Å²) in [5.74, 6) is 1.71. The quantitative estimate of drug-likeness (QED) is 0.769. The molecule has 1 aromatic rings. The molecule has 0 saturated heterocycles. The van der Waals surface area contributed by atoms with Gasteiger partial charge in [-0.3, -0.25) is 0 Å². The van der Waals surface area contributed by atoms with Gasteiger partial charge in [-0.05, 0) is 18.6 Å². The maximum atomic E-state index is 6.01. The Morgan fingerprint density at radius 2 is 1.94 bits per heavy atom.